The molecule has 1 atom stereocenters. The van der Waals surface area contributed by atoms with Crippen LogP contribution in [0.5, 0.6) is 0 Å². The van der Waals surface area contributed by atoms with Gasteiger partial charge in [0.15, 0.2) is 0 Å². The summed E-state index contributed by atoms with van der Waals surface area (Å²) in [5.74, 6) is -1.70. The Balaban J connectivity index is 3.99. The number of hydrogen-bond donors (Lipinski definition) is 2. The SMILES string of the molecule is CCC=CCCC(CC(=O)CN)C(=O)O. The van der Waals surface area contributed by atoms with Crippen LogP contribution in [0.3, 0.4) is 0 Å². The Morgan fingerprint density at radius 1 is 1.40 bits per heavy atom. The van der Waals surface area contributed by atoms with E-state index in [9.17, 15) is 9.59 Å². The van der Waals surface area contributed by atoms with Crippen molar-refractivity contribution in [3.63, 3.8) is 0 Å². The third kappa shape index (κ3) is 6.85. The molecule has 86 valence electrons. The van der Waals surface area contributed by atoms with Crippen molar-refractivity contribution in [3.8, 4) is 0 Å². The number of carbonyl (C=O) groups is 2. The van der Waals surface area contributed by atoms with E-state index in [-0.39, 0.29) is 18.7 Å². The van der Waals surface area contributed by atoms with Crippen LogP contribution in [0.1, 0.15) is 32.6 Å². The Hall–Kier alpha value is -1.16. The van der Waals surface area contributed by atoms with Crippen LogP contribution in [-0.2, 0) is 9.59 Å². The average Bonchev–Trinajstić information content (AvgIpc) is 2.21. The van der Waals surface area contributed by atoms with E-state index in [1.165, 1.54) is 0 Å². The largest absolute Gasteiger partial charge is 0.481 e. The molecule has 0 spiro atoms. The third-order valence-corrected chi connectivity index (χ3v) is 2.14. The summed E-state index contributed by atoms with van der Waals surface area (Å²) in [6, 6.07) is 0. The fourth-order valence-electron chi connectivity index (χ4n) is 1.25. The molecule has 0 aromatic rings. The lowest BCUT2D eigenvalue weighted by Gasteiger charge is -2.08. The highest BCUT2D eigenvalue weighted by atomic mass is 16.4. The molecule has 0 bridgehead atoms. The summed E-state index contributed by atoms with van der Waals surface area (Å²) in [6.07, 6.45) is 6.12. The van der Waals surface area contributed by atoms with Crippen molar-refractivity contribution >= 4 is 11.8 Å². The summed E-state index contributed by atoms with van der Waals surface area (Å²) in [6.45, 7) is 1.94. The summed E-state index contributed by atoms with van der Waals surface area (Å²) < 4.78 is 0. The molecule has 0 aliphatic carbocycles. The Bertz CT molecular complexity index is 236. The number of Topliss-reactive ketones (excluding diaryl/α,β-unsaturated/α-hetero) is 1. The number of carbonyl (C=O) groups excluding carboxylic acids is 1. The van der Waals surface area contributed by atoms with Crippen LogP contribution < -0.4 is 5.73 Å². The molecule has 4 heteroatoms. The molecule has 4 nitrogen and oxygen atoms in total. The van der Waals surface area contributed by atoms with Crippen molar-refractivity contribution in [2.75, 3.05) is 6.54 Å². The lowest BCUT2D eigenvalue weighted by Crippen LogP contribution is -2.22. The maximum absolute atomic E-state index is 11.0. The number of ketones is 1. The summed E-state index contributed by atoms with van der Waals surface area (Å²) in [7, 11) is 0. The van der Waals surface area contributed by atoms with Crippen molar-refractivity contribution < 1.29 is 14.7 Å². The second-order valence-corrected chi connectivity index (χ2v) is 3.44. The summed E-state index contributed by atoms with van der Waals surface area (Å²) in [5.41, 5.74) is 5.14. The maximum atomic E-state index is 11.0. The van der Waals surface area contributed by atoms with Gasteiger partial charge in [-0.1, -0.05) is 19.1 Å². The van der Waals surface area contributed by atoms with Crippen LogP contribution in [-0.4, -0.2) is 23.4 Å². The molecule has 0 aliphatic heterocycles. The minimum Gasteiger partial charge on any atom is -0.481 e. The summed E-state index contributed by atoms with van der Waals surface area (Å²) >= 11 is 0. The molecule has 0 saturated carbocycles. The number of nitrogens with two attached hydrogens (primary N) is 1. The minimum atomic E-state index is -0.915. The standard InChI is InChI=1S/C11H19NO3/c1-2-3-4-5-6-9(11(14)15)7-10(13)8-12/h3-4,9H,2,5-8,12H2,1H3,(H,14,15). The molecule has 15 heavy (non-hydrogen) atoms. The van der Waals surface area contributed by atoms with E-state index >= 15 is 0 Å². The number of aliphatic carboxylic acids is 1. The number of allylic oxidation sites excluding steroid dienone is 2. The van der Waals surface area contributed by atoms with Crippen LogP contribution in [0.25, 0.3) is 0 Å². The first-order chi connectivity index (χ1) is 7.11. The van der Waals surface area contributed by atoms with Crippen molar-refractivity contribution in [3.05, 3.63) is 12.2 Å². The molecule has 0 heterocycles. The molecule has 0 saturated heterocycles. The van der Waals surface area contributed by atoms with Crippen molar-refractivity contribution in [1.29, 1.82) is 0 Å². The minimum absolute atomic E-state index is 0.0474. The average molecular weight is 213 g/mol. The first kappa shape index (κ1) is 13.8. The predicted octanol–water partition coefficient (Wildman–Crippen LogP) is 1.35. The van der Waals surface area contributed by atoms with E-state index < -0.39 is 11.9 Å². The van der Waals surface area contributed by atoms with Gasteiger partial charge in [-0.3, -0.25) is 9.59 Å². The highest BCUT2D eigenvalue weighted by molar-refractivity contribution is 5.85. The second kappa shape index (κ2) is 8.17. The molecule has 0 aromatic carbocycles. The Morgan fingerprint density at radius 3 is 2.53 bits per heavy atom. The first-order valence-corrected chi connectivity index (χ1v) is 5.21. The summed E-state index contributed by atoms with van der Waals surface area (Å²) in [4.78, 5) is 21.8. The monoisotopic (exact) mass is 213 g/mol. The van der Waals surface area contributed by atoms with Gasteiger partial charge < -0.3 is 10.8 Å². The van der Waals surface area contributed by atoms with Gasteiger partial charge in [-0.05, 0) is 19.3 Å². The van der Waals surface area contributed by atoms with Gasteiger partial charge in [0.05, 0.1) is 12.5 Å². The first-order valence-electron chi connectivity index (χ1n) is 5.21. The summed E-state index contributed by atoms with van der Waals surface area (Å²) in [5, 5.41) is 8.86. The van der Waals surface area contributed by atoms with Gasteiger partial charge in [0.2, 0.25) is 0 Å². The van der Waals surface area contributed by atoms with Crippen LogP contribution >= 0.6 is 0 Å². The molecule has 0 aliphatic rings. The van der Waals surface area contributed by atoms with E-state index in [1.54, 1.807) is 0 Å². The fraction of sp³-hybridized carbons (Fsp3) is 0.636. The number of carboxylic acid groups (broad SMARTS) is 1. The van der Waals surface area contributed by atoms with E-state index in [2.05, 4.69) is 0 Å². The quantitative estimate of drug-likeness (QED) is 0.596. The van der Waals surface area contributed by atoms with Gasteiger partial charge in [-0.15, -0.1) is 0 Å². The van der Waals surface area contributed by atoms with Crippen LogP contribution in [0.4, 0.5) is 0 Å². The van der Waals surface area contributed by atoms with Crippen LogP contribution in [0.15, 0.2) is 12.2 Å². The van der Waals surface area contributed by atoms with E-state index in [4.69, 9.17) is 10.8 Å². The van der Waals surface area contributed by atoms with Crippen LogP contribution in [0.2, 0.25) is 0 Å². The molecule has 0 radical (unpaired) electrons. The molecule has 0 rings (SSSR count). The lowest BCUT2D eigenvalue weighted by molar-refractivity contribution is -0.143. The Labute approximate surface area is 90.2 Å². The highest BCUT2D eigenvalue weighted by Crippen LogP contribution is 2.12. The maximum Gasteiger partial charge on any atom is 0.306 e. The van der Waals surface area contributed by atoms with Gasteiger partial charge in [0.25, 0.3) is 0 Å². The fourth-order valence-corrected chi connectivity index (χ4v) is 1.25. The van der Waals surface area contributed by atoms with Gasteiger partial charge >= 0.3 is 5.97 Å². The smallest absolute Gasteiger partial charge is 0.306 e. The number of hydrogen-bond acceptors (Lipinski definition) is 3. The number of carboxylic acids is 1. The Morgan fingerprint density at radius 2 is 2.07 bits per heavy atom. The van der Waals surface area contributed by atoms with E-state index in [0.29, 0.717) is 12.8 Å². The molecular formula is C11H19NO3. The normalized spacial score (nSPS) is 12.9. The molecule has 0 aromatic heterocycles. The zero-order chi connectivity index (χ0) is 11.7. The van der Waals surface area contributed by atoms with Crippen molar-refractivity contribution in [2.24, 2.45) is 11.7 Å². The third-order valence-electron chi connectivity index (χ3n) is 2.14. The molecule has 0 fully saturated rings. The molecule has 1 unspecified atom stereocenters. The highest BCUT2D eigenvalue weighted by Gasteiger charge is 2.19. The zero-order valence-corrected chi connectivity index (χ0v) is 9.11. The zero-order valence-electron chi connectivity index (χ0n) is 9.11. The topological polar surface area (TPSA) is 80.4 Å². The van der Waals surface area contributed by atoms with Gasteiger partial charge in [0.1, 0.15) is 5.78 Å². The number of rotatable bonds is 8. The van der Waals surface area contributed by atoms with Crippen molar-refractivity contribution in [1.82, 2.24) is 0 Å². The molecule has 3 N–H and O–H groups in total. The Kier molecular flexibility index (Phi) is 7.54. The second-order valence-electron chi connectivity index (χ2n) is 3.44. The molecular weight excluding hydrogens is 194 g/mol. The predicted molar refractivity (Wildman–Crippen MR) is 58.5 cm³/mol. The van der Waals surface area contributed by atoms with Gasteiger partial charge in [0, 0.05) is 6.42 Å². The van der Waals surface area contributed by atoms with Gasteiger partial charge in [-0.2, -0.15) is 0 Å². The van der Waals surface area contributed by atoms with E-state index in [0.717, 1.165) is 6.42 Å². The van der Waals surface area contributed by atoms with Crippen LogP contribution in [0, 0.1) is 5.92 Å². The van der Waals surface area contributed by atoms with Crippen molar-refractivity contribution in [2.45, 2.75) is 32.6 Å². The lowest BCUT2D eigenvalue weighted by atomic mass is 9.97. The molecule has 0 amide bonds. The van der Waals surface area contributed by atoms with E-state index in [1.807, 2.05) is 19.1 Å². The van der Waals surface area contributed by atoms with Gasteiger partial charge in [-0.25, -0.2) is 0 Å².